The summed E-state index contributed by atoms with van der Waals surface area (Å²) in [4.78, 5) is 36.9. The van der Waals surface area contributed by atoms with Crippen molar-refractivity contribution < 1.29 is 19.4 Å². The molecular weight excluding hydrogens is 542 g/mol. The molecule has 3 aromatic heterocycles. The third-order valence-electron chi connectivity index (χ3n) is 9.40. The van der Waals surface area contributed by atoms with E-state index in [1.54, 1.807) is 13.3 Å². The molecule has 0 unspecified atom stereocenters. The number of hydrogen-bond acceptors (Lipinski definition) is 6. The maximum Gasteiger partial charge on any atom is 0.303 e. The molecule has 2 saturated carbocycles. The summed E-state index contributed by atoms with van der Waals surface area (Å²) in [5, 5.41) is 13.7. The molecule has 3 heterocycles. The topological polar surface area (TPSA) is 110 Å². The number of aryl methyl sites for hydroxylation is 1. The molecule has 0 atom stereocenters. The molecule has 0 aliphatic heterocycles. The van der Waals surface area contributed by atoms with Crippen LogP contribution in [0.3, 0.4) is 0 Å². The summed E-state index contributed by atoms with van der Waals surface area (Å²) in [6.45, 7) is 6.82. The van der Waals surface area contributed by atoms with Crippen molar-refractivity contribution in [2.45, 2.75) is 90.5 Å². The Morgan fingerprint density at radius 3 is 2.37 bits per heavy atom. The van der Waals surface area contributed by atoms with E-state index < -0.39 is 5.97 Å². The van der Waals surface area contributed by atoms with Gasteiger partial charge in [-0.2, -0.15) is 5.10 Å². The Hall–Kier alpha value is -3.75. The number of amides is 1. The summed E-state index contributed by atoms with van der Waals surface area (Å²) in [6.07, 6.45) is 13.0. The van der Waals surface area contributed by atoms with Crippen LogP contribution in [0.25, 0.3) is 11.1 Å². The summed E-state index contributed by atoms with van der Waals surface area (Å²) in [5.74, 6) is 1.68. The first-order valence-corrected chi connectivity index (χ1v) is 15.8. The smallest absolute Gasteiger partial charge is 0.303 e. The molecule has 0 bridgehead atoms. The minimum atomic E-state index is -0.756. The number of rotatable bonds is 10. The Morgan fingerprint density at radius 2 is 1.74 bits per heavy atom. The molecular formula is C34H45N5O4. The highest BCUT2D eigenvalue weighted by molar-refractivity contribution is 5.94. The fourth-order valence-corrected chi connectivity index (χ4v) is 6.80. The summed E-state index contributed by atoms with van der Waals surface area (Å²) in [7, 11) is 1.67. The average molecular weight is 588 g/mol. The molecule has 0 saturated heterocycles. The number of carboxylic acids is 1. The van der Waals surface area contributed by atoms with Crippen molar-refractivity contribution in [3.63, 3.8) is 0 Å². The second-order valence-corrected chi connectivity index (χ2v) is 12.7. The van der Waals surface area contributed by atoms with Gasteiger partial charge in [0.15, 0.2) is 0 Å². The monoisotopic (exact) mass is 587 g/mol. The van der Waals surface area contributed by atoms with Gasteiger partial charge in [-0.1, -0.05) is 0 Å². The fraction of sp³-hybridized carbons (Fsp3) is 0.559. The maximum absolute atomic E-state index is 14.2. The summed E-state index contributed by atoms with van der Waals surface area (Å²) < 4.78 is 7.33. The highest BCUT2D eigenvalue weighted by Gasteiger charge is 2.34. The summed E-state index contributed by atoms with van der Waals surface area (Å²) in [5.41, 5.74) is 4.03. The van der Waals surface area contributed by atoms with E-state index in [1.165, 1.54) is 0 Å². The molecule has 230 valence electrons. The number of methoxy groups -OCH3 is 1. The minimum Gasteiger partial charge on any atom is -0.495 e. The number of anilines is 1. The van der Waals surface area contributed by atoms with Crippen molar-refractivity contribution in [1.82, 2.24) is 19.7 Å². The molecule has 9 heteroatoms. The number of carboxylic acid groups (broad SMARTS) is 1. The minimum absolute atomic E-state index is 0.109. The lowest BCUT2D eigenvalue weighted by Crippen LogP contribution is -2.42. The third-order valence-corrected chi connectivity index (χ3v) is 9.40. The van der Waals surface area contributed by atoms with Crippen molar-refractivity contribution in [3.05, 3.63) is 54.2 Å². The SMILES string of the molecule is COc1ccc([C@H]2CC[C@H](CN(c3cc(-c4cnn(C(C)C)c4)ccn3)C(=O)[C@H]3CC[C@H](CC(=O)O)CC3)CC2)nc1C. The lowest BCUT2D eigenvalue weighted by Gasteiger charge is -2.35. The molecule has 3 aromatic rings. The average Bonchev–Trinajstić information content (AvgIpc) is 3.51. The van der Waals surface area contributed by atoms with Crippen molar-refractivity contribution >= 4 is 17.7 Å². The number of nitrogens with zero attached hydrogens (tertiary/aromatic N) is 5. The van der Waals surface area contributed by atoms with Gasteiger partial charge in [0.25, 0.3) is 0 Å². The third kappa shape index (κ3) is 7.43. The Morgan fingerprint density at radius 1 is 1.02 bits per heavy atom. The van der Waals surface area contributed by atoms with Gasteiger partial charge in [-0.05, 0) is 114 Å². The normalized spacial score (nSPS) is 22.3. The zero-order chi connectivity index (χ0) is 30.5. The molecule has 0 aromatic carbocycles. The zero-order valence-corrected chi connectivity index (χ0v) is 25.9. The molecule has 43 heavy (non-hydrogen) atoms. The second-order valence-electron chi connectivity index (χ2n) is 12.7. The fourth-order valence-electron chi connectivity index (χ4n) is 6.80. The van der Waals surface area contributed by atoms with Crippen LogP contribution in [0.1, 0.15) is 95.0 Å². The van der Waals surface area contributed by atoms with Crippen LogP contribution in [0, 0.1) is 24.7 Å². The van der Waals surface area contributed by atoms with Crippen molar-refractivity contribution in [2.75, 3.05) is 18.6 Å². The van der Waals surface area contributed by atoms with Gasteiger partial charge in [-0.25, -0.2) is 4.98 Å². The quantitative estimate of drug-likeness (QED) is 0.277. The molecule has 1 N–H and O–H groups in total. The molecule has 2 aliphatic rings. The van der Waals surface area contributed by atoms with E-state index in [2.05, 4.69) is 25.0 Å². The first-order chi connectivity index (χ1) is 20.7. The van der Waals surface area contributed by atoms with Crippen LogP contribution in [-0.4, -0.2) is 50.4 Å². The lowest BCUT2D eigenvalue weighted by atomic mass is 9.78. The molecule has 0 spiro atoms. The van der Waals surface area contributed by atoms with Crippen LogP contribution in [0.5, 0.6) is 5.75 Å². The predicted octanol–water partition coefficient (Wildman–Crippen LogP) is 6.83. The Balaban J connectivity index is 1.33. The molecule has 5 rings (SSSR count). The van der Waals surface area contributed by atoms with E-state index in [9.17, 15) is 14.7 Å². The molecule has 2 aliphatic carbocycles. The number of carbonyl (C=O) groups is 2. The van der Waals surface area contributed by atoms with Gasteiger partial charge >= 0.3 is 5.97 Å². The molecule has 0 radical (unpaired) electrons. The predicted molar refractivity (Wildman–Crippen MR) is 166 cm³/mol. The van der Waals surface area contributed by atoms with Crippen molar-refractivity contribution in [3.8, 4) is 16.9 Å². The molecule has 2 fully saturated rings. The number of ether oxygens (including phenoxy) is 1. The van der Waals surface area contributed by atoms with Gasteiger partial charge in [0.1, 0.15) is 11.6 Å². The number of pyridine rings is 2. The zero-order valence-electron chi connectivity index (χ0n) is 25.9. The number of hydrogen-bond donors (Lipinski definition) is 1. The molecule has 1 amide bonds. The van der Waals surface area contributed by atoms with Gasteiger partial charge in [0.2, 0.25) is 5.91 Å². The van der Waals surface area contributed by atoms with E-state index in [0.717, 1.165) is 79.6 Å². The lowest BCUT2D eigenvalue weighted by molar-refractivity contribution is -0.138. The number of carbonyl (C=O) groups excluding carboxylic acids is 1. The Kier molecular flexibility index (Phi) is 9.78. The van der Waals surface area contributed by atoms with Crippen molar-refractivity contribution in [1.29, 1.82) is 0 Å². The van der Waals surface area contributed by atoms with Crippen molar-refractivity contribution in [2.24, 2.45) is 17.8 Å². The van der Waals surface area contributed by atoms with Crippen LogP contribution in [0.2, 0.25) is 0 Å². The van der Waals surface area contributed by atoms with Crippen LogP contribution in [-0.2, 0) is 9.59 Å². The standard InChI is InChI=1S/C34H45N5O4/c1-22(2)39-21-29(19-36-39)28-15-16-35-32(18-28)38(34(42)27-11-5-24(6-12-27)17-33(40)41)20-25-7-9-26(10-8-25)30-13-14-31(43-4)23(3)37-30/h13-16,18-19,21-22,24-27H,5-12,17,20H2,1-4H3,(H,40,41)/t24-,25-,26-,27-. The van der Waals surface area contributed by atoms with E-state index in [-0.39, 0.29) is 30.2 Å². The Labute approximate surface area is 254 Å². The van der Waals surface area contributed by atoms with Crippen LogP contribution in [0.4, 0.5) is 5.82 Å². The van der Waals surface area contributed by atoms with E-state index in [1.807, 2.05) is 47.1 Å². The maximum atomic E-state index is 14.2. The number of aromatic nitrogens is 4. The highest BCUT2D eigenvalue weighted by atomic mass is 16.5. The van der Waals surface area contributed by atoms with E-state index in [4.69, 9.17) is 14.7 Å². The van der Waals surface area contributed by atoms with Crippen LogP contribution >= 0.6 is 0 Å². The van der Waals surface area contributed by atoms with Gasteiger partial charge in [-0.3, -0.25) is 24.2 Å². The summed E-state index contributed by atoms with van der Waals surface area (Å²) in [6, 6.07) is 8.35. The van der Waals surface area contributed by atoms with Gasteiger partial charge in [0.05, 0.1) is 19.0 Å². The van der Waals surface area contributed by atoms with E-state index >= 15 is 0 Å². The second kappa shape index (κ2) is 13.7. The Bertz CT molecular complexity index is 1400. The van der Waals surface area contributed by atoms with Gasteiger partial charge in [-0.15, -0.1) is 0 Å². The van der Waals surface area contributed by atoms with Crippen LogP contribution < -0.4 is 9.64 Å². The van der Waals surface area contributed by atoms with Gasteiger partial charge < -0.3 is 9.84 Å². The number of aliphatic carboxylic acids is 1. The highest BCUT2D eigenvalue weighted by Crippen LogP contribution is 2.38. The van der Waals surface area contributed by atoms with Crippen LogP contribution in [0.15, 0.2) is 42.9 Å². The van der Waals surface area contributed by atoms with Gasteiger partial charge in [0, 0.05) is 54.5 Å². The summed E-state index contributed by atoms with van der Waals surface area (Å²) >= 11 is 0. The first kappa shape index (κ1) is 30.7. The first-order valence-electron chi connectivity index (χ1n) is 15.8. The largest absolute Gasteiger partial charge is 0.495 e. The molecule has 9 nitrogen and oxygen atoms in total. The van der Waals surface area contributed by atoms with E-state index in [0.29, 0.717) is 24.2 Å².